The smallest absolute Gasteiger partial charge is 0.332 e. The van der Waals surface area contributed by atoms with Crippen LogP contribution in [0.5, 0.6) is 0 Å². The van der Waals surface area contributed by atoms with Crippen molar-refractivity contribution < 1.29 is 5.11 Å². The highest BCUT2D eigenvalue weighted by atomic mass is 35.5. The molecule has 9 heteroatoms. The summed E-state index contributed by atoms with van der Waals surface area (Å²) in [6.45, 7) is 1.98. The van der Waals surface area contributed by atoms with E-state index in [1.807, 2.05) is 18.2 Å². The number of aromatic nitrogens is 4. The molecular formula is C17H20ClN5O3. The van der Waals surface area contributed by atoms with Gasteiger partial charge < -0.3 is 10.4 Å². The molecule has 0 radical (unpaired) electrons. The standard InChI is InChI=1S/C17H20ClN5O3/c1-10(9-24)19-16-20-14-13(15(25)22(3)17(26)21(14)2)23(16)8-11-6-4-5-7-12(11)18/h4-7,10,24H,8-9H2,1-3H3,(H,19,20). The van der Waals surface area contributed by atoms with E-state index in [4.69, 9.17) is 11.6 Å². The van der Waals surface area contributed by atoms with Crippen molar-refractivity contribution in [2.45, 2.75) is 19.5 Å². The van der Waals surface area contributed by atoms with Crippen LogP contribution < -0.4 is 16.6 Å². The fraction of sp³-hybridized carbons (Fsp3) is 0.353. The molecule has 1 atom stereocenters. The Hall–Kier alpha value is -2.58. The van der Waals surface area contributed by atoms with E-state index in [2.05, 4.69) is 10.3 Å². The third-order valence-corrected chi connectivity index (χ3v) is 4.65. The van der Waals surface area contributed by atoms with Gasteiger partial charge in [0.05, 0.1) is 13.2 Å². The summed E-state index contributed by atoms with van der Waals surface area (Å²) < 4.78 is 4.06. The second kappa shape index (κ2) is 6.97. The number of rotatable bonds is 5. The Morgan fingerprint density at radius 3 is 2.58 bits per heavy atom. The second-order valence-electron chi connectivity index (χ2n) is 6.22. The summed E-state index contributed by atoms with van der Waals surface area (Å²) >= 11 is 6.27. The second-order valence-corrected chi connectivity index (χ2v) is 6.63. The highest BCUT2D eigenvalue weighted by Gasteiger charge is 2.20. The molecule has 2 N–H and O–H groups in total. The summed E-state index contributed by atoms with van der Waals surface area (Å²) in [5.41, 5.74) is 0.489. The number of anilines is 1. The maximum absolute atomic E-state index is 12.7. The van der Waals surface area contributed by atoms with E-state index in [0.717, 1.165) is 10.1 Å². The third-order valence-electron chi connectivity index (χ3n) is 4.28. The molecular weight excluding hydrogens is 358 g/mol. The molecule has 26 heavy (non-hydrogen) atoms. The van der Waals surface area contributed by atoms with Gasteiger partial charge >= 0.3 is 5.69 Å². The van der Waals surface area contributed by atoms with Gasteiger partial charge in [-0.2, -0.15) is 4.98 Å². The number of aliphatic hydroxyl groups excluding tert-OH is 1. The Bertz CT molecular complexity index is 1080. The summed E-state index contributed by atoms with van der Waals surface area (Å²) in [7, 11) is 3.00. The Balaban J connectivity index is 2.30. The zero-order valence-corrected chi connectivity index (χ0v) is 15.5. The highest BCUT2D eigenvalue weighted by molar-refractivity contribution is 6.31. The first kappa shape index (κ1) is 18.2. The van der Waals surface area contributed by atoms with E-state index < -0.39 is 11.2 Å². The van der Waals surface area contributed by atoms with Gasteiger partial charge in [-0.3, -0.25) is 18.5 Å². The van der Waals surface area contributed by atoms with Crippen molar-refractivity contribution in [1.29, 1.82) is 0 Å². The molecule has 1 unspecified atom stereocenters. The molecule has 0 saturated carbocycles. The quantitative estimate of drug-likeness (QED) is 0.689. The van der Waals surface area contributed by atoms with Gasteiger partial charge in [-0.1, -0.05) is 29.8 Å². The molecule has 0 fully saturated rings. The van der Waals surface area contributed by atoms with Crippen LogP contribution in [0.3, 0.4) is 0 Å². The molecule has 0 aliphatic rings. The molecule has 138 valence electrons. The van der Waals surface area contributed by atoms with Crippen molar-refractivity contribution in [3.05, 3.63) is 55.7 Å². The van der Waals surface area contributed by atoms with Crippen molar-refractivity contribution >= 4 is 28.7 Å². The molecule has 0 spiro atoms. The molecule has 2 aromatic heterocycles. The summed E-state index contributed by atoms with van der Waals surface area (Å²) in [4.78, 5) is 29.4. The van der Waals surface area contributed by atoms with Crippen molar-refractivity contribution in [2.24, 2.45) is 14.1 Å². The van der Waals surface area contributed by atoms with Gasteiger partial charge in [0.25, 0.3) is 5.56 Å². The van der Waals surface area contributed by atoms with Gasteiger partial charge in [0.15, 0.2) is 11.2 Å². The van der Waals surface area contributed by atoms with Crippen molar-refractivity contribution in [3.63, 3.8) is 0 Å². The first-order chi connectivity index (χ1) is 12.3. The maximum Gasteiger partial charge on any atom is 0.332 e. The number of hydrogen-bond acceptors (Lipinski definition) is 5. The Kier molecular flexibility index (Phi) is 4.88. The number of hydrogen-bond donors (Lipinski definition) is 2. The van der Waals surface area contributed by atoms with Gasteiger partial charge in [0.2, 0.25) is 5.95 Å². The van der Waals surface area contributed by atoms with E-state index in [1.54, 1.807) is 24.6 Å². The minimum atomic E-state index is -0.452. The van der Waals surface area contributed by atoms with Crippen LogP contribution in [-0.4, -0.2) is 36.4 Å². The van der Waals surface area contributed by atoms with Gasteiger partial charge in [-0.25, -0.2) is 4.79 Å². The zero-order valence-electron chi connectivity index (χ0n) is 14.7. The molecule has 0 bridgehead atoms. The van der Waals surface area contributed by atoms with Crippen LogP contribution in [0.4, 0.5) is 5.95 Å². The first-order valence-electron chi connectivity index (χ1n) is 8.12. The number of aliphatic hydroxyl groups is 1. The van der Waals surface area contributed by atoms with Crippen LogP contribution in [-0.2, 0) is 20.6 Å². The molecule has 0 saturated heterocycles. The maximum atomic E-state index is 12.7. The number of nitrogens with zero attached hydrogens (tertiary/aromatic N) is 4. The lowest BCUT2D eigenvalue weighted by Gasteiger charge is -2.15. The number of nitrogens with one attached hydrogen (secondary N) is 1. The Labute approximate surface area is 154 Å². The molecule has 0 aliphatic heterocycles. The molecule has 3 rings (SSSR count). The average molecular weight is 378 g/mol. The SMILES string of the molecule is CC(CO)Nc1nc2c(c(=O)n(C)c(=O)n2C)n1Cc1ccccc1Cl. The summed E-state index contributed by atoms with van der Waals surface area (Å²) in [6, 6.07) is 7.04. The molecule has 8 nitrogen and oxygen atoms in total. The van der Waals surface area contributed by atoms with Crippen LogP contribution in [0, 0.1) is 0 Å². The first-order valence-corrected chi connectivity index (χ1v) is 8.50. The van der Waals surface area contributed by atoms with Gasteiger partial charge in [0.1, 0.15) is 0 Å². The molecule has 3 aromatic rings. The van der Waals surface area contributed by atoms with Crippen LogP contribution in [0.25, 0.3) is 11.2 Å². The molecule has 2 heterocycles. The fourth-order valence-corrected chi connectivity index (χ4v) is 2.97. The van der Waals surface area contributed by atoms with Gasteiger partial charge in [0, 0.05) is 25.2 Å². The highest BCUT2D eigenvalue weighted by Crippen LogP contribution is 2.22. The number of imidazole rings is 1. The van der Waals surface area contributed by atoms with E-state index in [9.17, 15) is 14.7 Å². The lowest BCUT2D eigenvalue weighted by atomic mass is 10.2. The van der Waals surface area contributed by atoms with E-state index in [-0.39, 0.29) is 18.3 Å². The predicted molar refractivity (Wildman–Crippen MR) is 101 cm³/mol. The van der Waals surface area contributed by atoms with E-state index >= 15 is 0 Å². The molecule has 0 amide bonds. The number of fused-ring (bicyclic) bond motifs is 1. The lowest BCUT2D eigenvalue weighted by Crippen LogP contribution is -2.37. The fourth-order valence-electron chi connectivity index (χ4n) is 2.77. The zero-order chi connectivity index (χ0) is 19.0. The van der Waals surface area contributed by atoms with Crippen LogP contribution in [0.2, 0.25) is 5.02 Å². The van der Waals surface area contributed by atoms with Crippen molar-refractivity contribution in [2.75, 3.05) is 11.9 Å². The van der Waals surface area contributed by atoms with Gasteiger partial charge in [-0.05, 0) is 18.6 Å². The van der Waals surface area contributed by atoms with E-state index in [1.165, 1.54) is 11.6 Å². The summed E-state index contributed by atoms with van der Waals surface area (Å²) in [5.74, 6) is 0.389. The Morgan fingerprint density at radius 2 is 1.92 bits per heavy atom. The largest absolute Gasteiger partial charge is 0.394 e. The summed E-state index contributed by atoms with van der Waals surface area (Å²) in [6.07, 6.45) is 0. The lowest BCUT2D eigenvalue weighted by molar-refractivity contribution is 0.281. The van der Waals surface area contributed by atoms with Crippen LogP contribution >= 0.6 is 11.6 Å². The van der Waals surface area contributed by atoms with Crippen molar-refractivity contribution in [1.82, 2.24) is 18.7 Å². The Morgan fingerprint density at radius 1 is 1.23 bits per heavy atom. The predicted octanol–water partition coefficient (Wildman–Crippen LogP) is 0.928. The summed E-state index contributed by atoms with van der Waals surface area (Å²) in [5, 5.41) is 13.0. The average Bonchev–Trinajstić information content (AvgIpc) is 2.98. The topological polar surface area (TPSA) is 94.1 Å². The van der Waals surface area contributed by atoms with Crippen LogP contribution in [0.15, 0.2) is 33.9 Å². The van der Waals surface area contributed by atoms with Crippen LogP contribution in [0.1, 0.15) is 12.5 Å². The normalized spacial score (nSPS) is 12.5. The van der Waals surface area contributed by atoms with Crippen molar-refractivity contribution in [3.8, 4) is 0 Å². The number of halogens is 1. The third kappa shape index (κ3) is 3.02. The minimum Gasteiger partial charge on any atom is -0.394 e. The molecule has 1 aromatic carbocycles. The van der Waals surface area contributed by atoms with Gasteiger partial charge in [-0.15, -0.1) is 0 Å². The van der Waals surface area contributed by atoms with E-state index in [0.29, 0.717) is 23.0 Å². The monoisotopic (exact) mass is 377 g/mol. The number of aryl methyl sites for hydroxylation is 1. The molecule has 0 aliphatic carbocycles. The number of benzene rings is 1. The minimum absolute atomic E-state index is 0.105.